The minimum absolute atomic E-state index is 0.00695. The van der Waals surface area contributed by atoms with Crippen LogP contribution in [0.1, 0.15) is 32.6 Å². The lowest BCUT2D eigenvalue weighted by Crippen LogP contribution is -2.43. The van der Waals surface area contributed by atoms with Gasteiger partial charge in [-0.25, -0.2) is 4.79 Å². The molecular weight excluding hydrogens is 296 g/mol. The highest BCUT2D eigenvalue weighted by molar-refractivity contribution is 5.84. The van der Waals surface area contributed by atoms with E-state index >= 15 is 0 Å². The maximum absolute atomic E-state index is 12.0. The minimum atomic E-state index is -0.528. The number of carbonyl (C=O) groups excluding carboxylic acids is 2. The number of hydrogen-bond donors (Lipinski definition) is 2. The van der Waals surface area contributed by atoms with E-state index in [1.807, 2.05) is 0 Å². The molecule has 2 N–H and O–H groups in total. The Morgan fingerprint density at radius 3 is 2.52 bits per heavy atom. The van der Waals surface area contributed by atoms with Crippen molar-refractivity contribution in [1.82, 2.24) is 5.32 Å². The second-order valence-electron chi connectivity index (χ2n) is 5.87. The van der Waals surface area contributed by atoms with Crippen molar-refractivity contribution in [3.63, 3.8) is 0 Å². The molecule has 0 aromatic heterocycles. The van der Waals surface area contributed by atoms with Gasteiger partial charge in [0.2, 0.25) is 0 Å². The Kier molecular flexibility index (Phi) is 6.26. The van der Waals surface area contributed by atoms with E-state index in [4.69, 9.17) is 4.74 Å². The second-order valence-corrected chi connectivity index (χ2v) is 5.87. The van der Waals surface area contributed by atoms with E-state index in [2.05, 4.69) is 22.3 Å². The maximum atomic E-state index is 12.0. The molecule has 2 unspecified atom stereocenters. The van der Waals surface area contributed by atoms with E-state index in [-0.39, 0.29) is 18.6 Å². The number of methoxy groups -OCH3 is 1. The summed E-state index contributed by atoms with van der Waals surface area (Å²) in [7, 11) is 1.30. The zero-order chi connectivity index (χ0) is 16.7. The molecular formula is C17H24N2O4. The second kappa shape index (κ2) is 8.41. The smallest absolute Gasteiger partial charge is 0.411 e. The van der Waals surface area contributed by atoms with E-state index in [0.717, 1.165) is 6.42 Å². The average molecular weight is 320 g/mol. The van der Waals surface area contributed by atoms with Crippen molar-refractivity contribution in [2.75, 3.05) is 19.0 Å². The first-order valence-corrected chi connectivity index (χ1v) is 7.95. The molecule has 2 amide bonds. The van der Waals surface area contributed by atoms with E-state index in [1.165, 1.54) is 26.4 Å². The molecule has 1 aromatic carbocycles. The first-order valence-electron chi connectivity index (χ1n) is 7.95. The van der Waals surface area contributed by atoms with Crippen molar-refractivity contribution in [1.29, 1.82) is 0 Å². The maximum Gasteiger partial charge on any atom is 0.411 e. The summed E-state index contributed by atoms with van der Waals surface area (Å²) in [4.78, 5) is 23.1. The Balaban J connectivity index is 1.76. The van der Waals surface area contributed by atoms with E-state index in [9.17, 15) is 9.59 Å². The first kappa shape index (κ1) is 17.1. The number of anilines is 1. The van der Waals surface area contributed by atoms with Gasteiger partial charge in [0.05, 0.1) is 7.11 Å². The topological polar surface area (TPSA) is 76.7 Å². The third kappa shape index (κ3) is 5.47. The van der Waals surface area contributed by atoms with Gasteiger partial charge in [0.15, 0.2) is 6.61 Å². The molecule has 1 aromatic rings. The third-order valence-corrected chi connectivity index (χ3v) is 4.11. The van der Waals surface area contributed by atoms with E-state index in [1.54, 1.807) is 24.3 Å². The normalized spacial score (nSPS) is 20.4. The number of hydrogen-bond acceptors (Lipinski definition) is 4. The predicted octanol–water partition coefficient (Wildman–Crippen LogP) is 2.94. The Hall–Kier alpha value is -2.24. The van der Waals surface area contributed by atoms with Gasteiger partial charge in [0.25, 0.3) is 5.91 Å². The zero-order valence-electron chi connectivity index (χ0n) is 13.6. The van der Waals surface area contributed by atoms with Crippen molar-refractivity contribution >= 4 is 17.7 Å². The third-order valence-electron chi connectivity index (χ3n) is 4.11. The van der Waals surface area contributed by atoms with Crippen molar-refractivity contribution in [2.45, 2.75) is 38.6 Å². The highest BCUT2D eigenvalue weighted by atomic mass is 16.5. The number of nitrogens with one attached hydrogen (secondary N) is 2. The minimum Gasteiger partial charge on any atom is -0.484 e. The molecule has 1 saturated carbocycles. The van der Waals surface area contributed by atoms with Crippen LogP contribution < -0.4 is 15.4 Å². The molecule has 0 saturated heterocycles. The number of ether oxygens (including phenoxy) is 2. The highest BCUT2D eigenvalue weighted by Gasteiger charge is 2.22. The van der Waals surface area contributed by atoms with E-state index in [0.29, 0.717) is 17.4 Å². The lowest BCUT2D eigenvalue weighted by molar-refractivity contribution is -0.124. The summed E-state index contributed by atoms with van der Waals surface area (Å²) in [6, 6.07) is 7.02. The van der Waals surface area contributed by atoms with Crippen molar-refractivity contribution in [3.8, 4) is 5.75 Å². The fourth-order valence-corrected chi connectivity index (χ4v) is 2.73. The molecule has 126 valence electrons. The molecule has 2 atom stereocenters. The quantitative estimate of drug-likeness (QED) is 0.874. The zero-order valence-corrected chi connectivity index (χ0v) is 13.6. The van der Waals surface area contributed by atoms with Gasteiger partial charge in [-0.15, -0.1) is 0 Å². The summed E-state index contributed by atoms with van der Waals surface area (Å²) in [5.74, 6) is 1.00. The Morgan fingerprint density at radius 1 is 1.17 bits per heavy atom. The van der Waals surface area contributed by atoms with Crippen LogP contribution in [0.5, 0.6) is 5.75 Å². The lowest BCUT2D eigenvalue weighted by atomic mass is 9.86. The fraction of sp³-hybridized carbons (Fsp3) is 0.529. The van der Waals surface area contributed by atoms with Crippen molar-refractivity contribution in [2.24, 2.45) is 5.92 Å². The summed E-state index contributed by atoms with van der Waals surface area (Å²) >= 11 is 0. The molecule has 0 aliphatic heterocycles. The van der Waals surface area contributed by atoms with Crippen molar-refractivity contribution < 1.29 is 19.1 Å². The van der Waals surface area contributed by atoms with Gasteiger partial charge in [0, 0.05) is 11.7 Å². The summed E-state index contributed by atoms with van der Waals surface area (Å²) < 4.78 is 9.98. The average Bonchev–Trinajstić information content (AvgIpc) is 2.56. The van der Waals surface area contributed by atoms with Gasteiger partial charge in [-0.2, -0.15) is 0 Å². The molecule has 0 heterocycles. The monoisotopic (exact) mass is 320 g/mol. The summed E-state index contributed by atoms with van der Waals surface area (Å²) in [5.41, 5.74) is 0.602. The van der Waals surface area contributed by atoms with Crippen molar-refractivity contribution in [3.05, 3.63) is 24.3 Å². The van der Waals surface area contributed by atoms with Gasteiger partial charge in [-0.1, -0.05) is 19.8 Å². The van der Waals surface area contributed by atoms with Crippen LogP contribution in [-0.4, -0.2) is 31.8 Å². The number of benzene rings is 1. The SMILES string of the molecule is COC(=O)Nc1ccc(OCC(=O)NC2CCCCC2C)cc1. The number of amides is 2. The number of rotatable bonds is 5. The molecule has 1 aliphatic rings. The van der Waals surface area contributed by atoms with Gasteiger partial charge >= 0.3 is 6.09 Å². The molecule has 6 nitrogen and oxygen atoms in total. The van der Waals surface area contributed by atoms with E-state index < -0.39 is 6.09 Å². The van der Waals surface area contributed by atoms with Gasteiger partial charge < -0.3 is 14.8 Å². The predicted molar refractivity (Wildman–Crippen MR) is 87.5 cm³/mol. The molecule has 23 heavy (non-hydrogen) atoms. The summed E-state index contributed by atoms with van der Waals surface area (Å²) in [6.07, 6.45) is 4.10. The molecule has 0 radical (unpaired) electrons. The fourth-order valence-electron chi connectivity index (χ4n) is 2.73. The van der Waals surface area contributed by atoms with Gasteiger partial charge in [0.1, 0.15) is 5.75 Å². The van der Waals surface area contributed by atoms with Crippen LogP contribution in [0.15, 0.2) is 24.3 Å². The summed E-state index contributed by atoms with van der Waals surface area (Å²) in [6.45, 7) is 2.17. The van der Waals surface area contributed by atoms with Crippen LogP contribution >= 0.6 is 0 Å². The summed E-state index contributed by atoms with van der Waals surface area (Å²) in [5, 5.41) is 5.59. The Labute approximate surface area is 136 Å². The van der Waals surface area contributed by atoms with Crippen LogP contribution in [0, 0.1) is 5.92 Å². The Bertz CT molecular complexity index is 530. The lowest BCUT2D eigenvalue weighted by Gasteiger charge is -2.29. The van der Waals surface area contributed by atoms with Crippen LogP contribution in [0.4, 0.5) is 10.5 Å². The van der Waals surface area contributed by atoms with Gasteiger partial charge in [-0.05, 0) is 43.0 Å². The molecule has 1 aliphatic carbocycles. The molecule has 1 fully saturated rings. The standard InChI is InChI=1S/C17H24N2O4/c1-12-5-3-4-6-15(12)19-16(20)11-23-14-9-7-13(8-10-14)18-17(21)22-2/h7-10,12,15H,3-6,11H2,1-2H3,(H,18,21)(H,19,20). The Morgan fingerprint density at radius 2 is 1.87 bits per heavy atom. The number of carbonyl (C=O) groups is 2. The van der Waals surface area contributed by atoms with Crippen LogP contribution in [0.2, 0.25) is 0 Å². The highest BCUT2D eigenvalue weighted by Crippen LogP contribution is 2.23. The molecule has 6 heteroatoms. The largest absolute Gasteiger partial charge is 0.484 e. The van der Waals surface area contributed by atoms with Crippen LogP contribution in [0.3, 0.4) is 0 Å². The van der Waals surface area contributed by atoms with Crippen LogP contribution in [-0.2, 0) is 9.53 Å². The first-order chi connectivity index (χ1) is 11.1. The van der Waals surface area contributed by atoms with Gasteiger partial charge in [-0.3, -0.25) is 10.1 Å². The van der Waals surface area contributed by atoms with Crippen LogP contribution in [0.25, 0.3) is 0 Å². The molecule has 0 spiro atoms. The molecule has 2 rings (SSSR count). The molecule has 0 bridgehead atoms.